The van der Waals surface area contributed by atoms with Crippen molar-refractivity contribution >= 4 is 0 Å². The summed E-state index contributed by atoms with van der Waals surface area (Å²) >= 11 is 0. The predicted molar refractivity (Wildman–Crippen MR) is 51.6 cm³/mol. The van der Waals surface area contributed by atoms with Crippen LogP contribution in [0.3, 0.4) is 0 Å². The van der Waals surface area contributed by atoms with Crippen LogP contribution in [0, 0.1) is 0 Å². The summed E-state index contributed by atoms with van der Waals surface area (Å²) in [5.74, 6) is 5.14. The molecule has 70 valence electrons. The highest BCUT2D eigenvalue weighted by Gasteiger charge is 2.01. The SMILES string of the molecule is NNCCNCC1=CCCCC1. The van der Waals surface area contributed by atoms with Crippen molar-refractivity contribution in [3.63, 3.8) is 0 Å². The summed E-state index contributed by atoms with van der Waals surface area (Å²) in [7, 11) is 0. The molecule has 0 saturated heterocycles. The van der Waals surface area contributed by atoms with Crippen LogP contribution < -0.4 is 16.6 Å². The molecule has 12 heavy (non-hydrogen) atoms. The fraction of sp³-hybridized carbons (Fsp3) is 0.778. The van der Waals surface area contributed by atoms with Gasteiger partial charge in [0.15, 0.2) is 0 Å². The van der Waals surface area contributed by atoms with E-state index in [-0.39, 0.29) is 0 Å². The minimum Gasteiger partial charge on any atom is -0.312 e. The molecule has 0 saturated carbocycles. The molecule has 0 radical (unpaired) electrons. The van der Waals surface area contributed by atoms with Crippen molar-refractivity contribution in [2.45, 2.75) is 25.7 Å². The number of hydrogen-bond acceptors (Lipinski definition) is 3. The van der Waals surface area contributed by atoms with Crippen molar-refractivity contribution in [2.24, 2.45) is 5.84 Å². The van der Waals surface area contributed by atoms with Crippen LogP contribution in [0.1, 0.15) is 25.7 Å². The number of nitrogens with one attached hydrogen (secondary N) is 2. The van der Waals surface area contributed by atoms with Gasteiger partial charge < -0.3 is 5.32 Å². The monoisotopic (exact) mass is 169 g/mol. The van der Waals surface area contributed by atoms with Crippen LogP contribution in [-0.2, 0) is 0 Å². The molecule has 1 aliphatic rings. The number of allylic oxidation sites excluding steroid dienone is 1. The number of nitrogens with two attached hydrogens (primary N) is 1. The Hall–Kier alpha value is -0.380. The Bertz CT molecular complexity index is 143. The normalized spacial score (nSPS) is 17.6. The van der Waals surface area contributed by atoms with Crippen molar-refractivity contribution in [3.8, 4) is 0 Å². The van der Waals surface area contributed by atoms with Gasteiger partial charge in [-0.05, 0) is 25.7 Å². The Kier molecular flexibility index (Phi) is 4.99. The third-order valence-corrected chi connectivity index (χ3v) is 2.18. The quantitative estimate of drug-likeness (QED) is 0.244. The van der Waals surface area contributed by atoms with E-state index in [1.54, 1.807) is 5.57 Å². The molecule has 1 aliphatic carbocycles. The van der Waals surface area contributed by atoms with Gasteiger partial charge in [-0.25, -0.2) is 0 Å². The molecular weight excluding hydrogens is 150 g/mol. The van der Waals surface area contributed by atoms with Crippen LogP contribution in [-0.4, -0.2) is 19.6 Å². The minimum absolute atomic E-state index is 0.841. The van der Waals surface area contributed by atoms with E-state index < -0.39 is 0 Å². The summed E-state index contributed by atoms with van der Waals surface area (Å²) in [6, 6.07) is 0. The first-order chi connectivity index (χ1) is 5.93. The first-order valence-corrected chi connectivity index (χ1v) is 4.75. The molecule has 1 rings (SSSR count). The molecule has 0 heterocycles. The Balaban J connectivity index is 2.01. The first-order valence-electron chi connectivity index (χ1n) is 4.75. The Morgan fingerprint density at radius 1 is 1.33 bits per heavy atom. The van der Waals surface area contributed by atoms with E-state index in [1.165, 1.54) is 25.7 Å². The maximum Gasteiger partial charge on any atom is 0.0223 e. The maximum absolute atomic E-state index is 5.14. The van der Waals surface area contributed by atoms with Crippen LogP contribution >= 0.6 is 0 Å². The summed E-state index contributed by atoms with van der Waals surface area (Å²) in [5.41, 5.74) is 4.19. The lowest BCUT2D eigenvalue weighted by Crippen LogP contribution is -2.32. The highest BCUT2D eigenvalue weighted by atomic mass is 15.2. The van der Waals surface area contributed by atoms with Gasteiger partial charge in [-0.1, -0.05) is 11.6 Å². The molecule has 0 aliphatic heterocycles. The predicted octanol–water partition coefficient (Wildman–Crippen LogP) is 0.540. The fourth-order valence-corrected chi connectivity index (χ4v) is 1.47. The molecule has 0 unspecified atom stereocenters. The van der Waals surface area contributed by atoms with Gasteiger partial charge in [-0.15, -0.1) is 0 Å². The summed E-state index contributed by atoms with van der Waals surface area (Å²) < 4.78 is 0. The van der Waals surface area contributed by atoms with Gasteiger partial charge in [0, 0.05) is 19.6 Å². The van der Waals surface area contributed by atoms with Crippen LogP contribution in [0.25, 0.3) is 0 Å². The third kappa shape index (κ3) is 3.85. The van der Waals surface area contributed by atoms with Gasteiger partial charge in [0.2, 0.25) is 0 Å². The molecule has 0 amide bonds. The highest BCUT2D eigenvalue weighted by Crippen LogP contribution is 2.15. The molecule has 0 aromatic rings. The van der Waals surface area contributed by atoms with Gasteiger partial charge in [-0.2, -0.15) is 0 Å². The number of hydrogen-bond donors (Lipinski definition) is 3. The average Bonchev–Trinajstić information content (AvgIpc) is 2.14. The second-order valence-corrected chi connectivity index (χ2v) is 3.24. The van der Waals surface area contributed by atoms with Crippen LogP contribution in [0.5, 0.6) is 0 Å². The number of hydrazine groups is 1. The van der Waals surface area contributed by atoms with Crippen LogP contribution in [0.2, 0.25) is 0 Å². The minimum atomic E-state index is 0.841. The van der Waals surface area contributed by atoms with E-state index in [2.05, 4.69) is 16.8 Å². The molecule has 0 aromatic heterocycles. The average molecular weight is 169 g/mol. The van der Waals surface area contributed by atoms with Gasteiger partial charge >= 0.3 is 0 Å². The fourth-order valence-electron chi connectivity index (χ4n) is 1.47. The smallest absolute Gasteiger partial charge is 0.0223 e. The van der Waals surface area contributed by atoms with E-state index in [0.717, 1.165) is 19.6 Å². The van der Waals surface area contributed by atoms with E-state index in [9.17, 15) is 0 Å². The second kappa shape index (κ2) is 6.17. The molecule has 0 spiro atoms. The van der Waals surface area contributed by atoms with Gasteiger partial charge in [-0.3, -0.25) is 11.3 Å². The lowest BCUT2D eigenvalue weighted by Gasteiger charge is -2.12. The molecule has 0 aromatic carbocycles. The zero-order valence-corrected chi connectivity index (χ0v) is 7.60. The van der Waals surface area contributed by atoms with Gasteiger partial charge in [0.1, 0.15) is 0 Å². The summed E-state index contributed by atoms with van der Waals surface area (Å²) in [5, 5.41) is 3.35. The van der Waals surface area contributed by atoms with Gasteiger partial charge in [0.05, 0.1) is 0 Å². The van der Waals surface area contributed by atoms with Crippen molar-refractivity contribution in [2.75, 3.05) is 19.6 Å². The lowest BCUT2D eigenvalue weighted by atomic mass is 10.00. The third-order valence-electron chi connectivity index (χ3n) is 2.18. The molecule has 0 bridgehead atoms. The summed E-state index contributed by atoms with van der Waals surface area (Å²) in [4.78, 5) is 0. The van der Waals surface area contributed by atoms with Crippen LogP contribution in [0.4, 0.5) is 0 Å². The van der Waals surface area contributed by atoms with Crippen molar-refractivity contribution in [1.29, 1.82) is 0 Å². The molecule has 0 atom stereocenters. The zero-order valence-electron chi connectivity index (χ0n) is 7.60. The maximum atomic E-state index is 5.14. The Morgan fingerprint density at radius 3 is 2.92 bits per heavy atom. The highest BCUT2D eigenvalue weighted by molar-refractivity contribution is 5.06. The van der Waals surface area contributed by atoms with Crippen LogP contribution in [0.15, 0.2) is 11.6 Å². The first kappa shape index (κ1) is 9.71. The molecule has 4 N–H and O–H groups in total. The van der Waals surface area contributed by atoms with Crippen molar-refractivity contribution in [3.05, 3.63) is 11.6 Å². The Morgan fingerprint density at radius 2 is 2.25 bits per heavy atom. The summed E-state index contributed by atoms with van der Waals surface area (Å²) in [6.07, 6.45) is 7.65. The zero-order chi connectivity index (χ0) is 8.65. The largest absolute Gasteiger partial charge is 0.312 e. The van der Waals surface area contributed by atoms with E-state index in [4.69, 9.17) is 5.84 Å². The topological polar surface area (TPSA) is 50.1 Å². The summed E-state index contributed by atoms with van der Waals surface area (Å²) in [6.45, 7) is 2.84. The lowest BCUT2D eigenvalue weighted by molar-refractivity contribution is 0.620. The molecular formula is C9H19N3. The van der Waals surface area contributed by atoms with Crippen molar-refractivity contribution < 1.29 is 0 Å². The van der Waals surface area contributed by atoms with Gasteiger partial charge in [0.25, 0.3) is 0 Å². The molecule has 3 heteroatoms. The standard InChI is InChI=1S/C9H19N3/c10-12-7-6-11-8-9-4-2-1-3-5-9/h4,11-12H,1-3,5-8,10H2. The van der Waals surface area contributed by atoms with E-state index in [1.807, 2.05) is 0 Å². The molecule has 3 nitrogen and oxygen atoms in total. The molecule has 0 fully saturated rings. The second-order valence-electron chi connectivity index (χ2n) is 3.24. The number of rotatable bonds is 5. The van der Waals surface area contributed by atoms with E-state index in [0.29, 0.717) is 0 Å². The Labute approximate surface area is 74.4 Å². The van der Waals surface area contributed by atoms with Crippen molar-refractivity contribution in [1.82, 2.24) is 10.7 Å². The van der Waals surface area contributed by atoms with E-state index >= 15 is 0 Å².